The van der Waals surface area contributed by atoms with E-state index in [-0.39, 0.29) is 5.56 Å². The lowest BCUT2D eigenvalue weighted by atomic mass is 10.2. The van der Waals surface area contributed by atoms with Crippen LogP contribution in [0.3, 0.4) is 0 Å². The molecule has 4 aromatic rings. The van der Waals surface area contributed by atoms with Gasteiger partial charge in [-0.05, 0) is 18.2 Å². The predicted octanol–water partition coefficient (Wildman–Crippen LogP) is 3.88. The Morgan fingerprint density at radius 1 is 1.22 bits per heavy atom. The maximum Gasteiger partial charge on any atom is 0.158 e. The molecule has 114 valence electrons. The molecular formula is C15H10ClFN6. The summed E-state index contributed by atoms with van der Waals surface area (Å²) in [6, 6.07) is 6.28. The molecule has 3 N–H and O–H groups in total. The standard InChI is InChI=1S/C15H10ClFN6/c16-9-2-1-3-10(17)12(9)14-22-11-4-5-18-15(13(11)23-14)21-8-6-19-20-7-8/h1-7H,(H,18,21)(H,19,20)(H,22,23). The Labute approximate surface area is 134 Å². The first-order chi connectivity index (χ1) is 11.2. The largest absolute Gasteiger partial charge is 0.338 e. The number of halogens is 2. The van der Waals surface area contributed by atoms with Gasteiger partial charge in [0.25, 0.3) is 0 Å². The summed E-state index contributed by atoms with van der Waals surface area (Å²) in [6.07, 6.45) is 4.96. The first kappa shape index (κ1) is 13.7. The van der Waals surface area contributed by atoms with Gasteiger partial charge < -0.3 is 10.3 Å². The van der Waals surface area contributed by atoms with E-state index in [9.17, 15) is 4.39 Å². The number of nitrogens with one attached hydrogen (secondary N) is 3. The molecule has 0 aliphatic carbocycles. The third-order valence-electron chi connectivity index (χ3n) is 3.36. The molecule has 3 aromatic heterocycles. The van der Waals surface area contributed by atoms with Gasteiger partial charge in [0.1, 0.15) is 17.2 Å². The normalized spacial score (nSPS) is 11.0. The lowest BCUT2D eigenvalue weighted by Gasteiger charge is -2.02. The van der Waals surface area contributed by atoms with Gasteiger partial charge in [-0.3, -0.25) is 5.10 Å². The van der Waals surface area contributed by atoms with Crippen molar-refractivity contribution in [1.82, 2.24) is 25.1 Å². The summed E-state index contributed by atoms with van der Waals surface area (Å²) < 4.78 is 14.1. The van der Waals surface area contributed by atoms with E-state index in [0.717, 1.165) is 11.2 Å². The Balaban J connectivity index is 1.85. The number of pyridine rings is 1. The lowest BCUT2D eigenvalue weighted by molar-refractivity contribution is 0.630. The second-order valence-corrected chi connectivity index (χ2v) is 5.26. The molecule has 0 radical (unpaired) electrons. The van der Waals surface area contributed by atoms with Crippen LogP contribution in [-0.2, 0) is 0 Å². The summed E-state index contributed by atoms with van der Waals surface area (Å²) in [6.45, 7) is 0. The summed E-state index contributed by atoms with van der Waals surface area (Å²) >= 11 is 6.10. The van der Waals surface area contributed by atoms with Crippen LogP contribution in [0.2, 0.25) is 5.02 Å². The third kappa shape index (κ3) is 2.40. The summed E-state index contributed by atoms with van der Waals surface area (Å²) in [7, 11) is 0. The van der Waals surface area contributed by atoms with Crippen molar-refractivity contribution in [3.8, 4) is 11.4 Å². The number of H-pyrrole nitrogens is 2. The molecule has 0 fully saturated rings. The van der Waals surface area contributed by atoms with Crippen molar-refractivity contribution < 1.29 is 4.39 Å². The summed E-state index contributed by atoms with van der Waals surface area (Å²) in [5.41, 5.74) is 2.29. The topological polar surface area (TPSA) is 82.3 Å². The smallest absolute Gasteiger partial charge is 0.158 e. The van der Waals surface area contributed by atoms with E-state index in [4.69, 9.17) is 11.6 Å². The summed E-state index contributed by atoms with van der Waals surface area (Å²) in [5, 5.41) is 9.97. The molecule has 0 atom stereocenters. The quantitative estimate of drug-likeness (QED) is 0.533. The number of rotatable bonds is 3. The summed E-state index contributed by atoms with van der Waals surface area (Å²) in [5.74, 6) is 0.457. The first-order valence-corrected chi connectivity index (χ1v) is 7.15. The highest BCUT2D eigenvalue weighted by Crippen LogP contribution is 2.31. The molecule has 0 saturated heterocycles. The van der Waals surface area contributed by atoms with E-state index in [2.05, 4.69) is 30.5 Å². The molecule has 0 amide bonds. The summed E-state index contributed by atoms with van der Waals surface area (Å²) in [4.78, 5) is 11.8. The molecule has 0 aliphatic heterocycles. The SMILES string of the molecule is Fc1cccc(Cl)c1-c1nc2c(Nc3cn[nH]c3)nccc2[nH]1. The van der Waals surface area contributed by atoms with E-state index < -0.39 is 5.82 Å². The second kappa shape index (κ2) is 5.36. The van der Waals surface area contributed by atoms with Crippen molar-refractivity contribution in [3.05, 3.63) is 53.7 Å². The van der Waals surface area contributed by atoms with Crippen LogP contribution in [0, 0.1) is 5.82 Å². The Morgan fingerprint density at radius 2 is 2.13 bits per heavy atom. The Hall–Kier alpha value is -2.93. The molecule has 6 nitrogen and oxygen atoms in total. The number of imidazole rings is 1. The fourth-order valence-corrected chi connectivity index (χ4v) is 2.58. The average Bonchev–Trinajstić information content (AvgIpc) is 3.17. The predicted molar refractivity (Wildman–Crippen MR) is 86.2 cm³/mol. The molecule has 0 aliphatic rings. The maximum atomic E-state index is 14.1. The highest BCUT2D eigenvalue weighted by atomic mass is 35.5. The van der Waals surface area contributed by atoms with Gasteiger partial charge in [0, 0.05) is 12.4 Å². The monoisotopic (exact) mass is 328 g/mol. The molecule has 0 spiro atoms. The Bertz CT molecular complexity index is 959. The van der Waals surface area contributed by atoms with Crippen LogP contribution < -0.4 is 5.32 Å². The van der Waals surface area contributed by atoms with Gasteiger partial charge in [-0.2, -0.15) is 5.10 Å². The minimum Gasteiger partial charge on any atom is -0.338 e. The van der Waals surface area contributed by atoms with E-state index in [0.29, 0.717) is 22.2 Å². The van der Waals surface area contributed by atoms with Crippen molar-refractivity contribution in [1.29, 1.82) is 0 Å². The average molecular weight is 329 g/mol. The fourth-order valence-electron chi connectivity index (χ4n) is 2.33. The minimum atomic E-state index is -0.436. The molecule has 0 bridgehead atoms. The van der Waals surface area contributed by atoms with Crippen LogP contribution in [0.25, 0.3) is 22.4 Å². The zero-order chi connectivity index (χ0) is 15.8. The zero-order valence-electron chi connectivity index (χ0n) is 11.6. The van der Waals surface area contributed by atoms with Gasteiger partial charge in [-0.1, -0.05) is 17.7 Å². The van der Waals surface area contributed by atoms with Crippen molar-refractivity contribution >= 4 is 34.1 Å². The number of fused-ring (bicyclic) bond motifs is 1. The molecule has 23 heavy (non-hydrogen) atoms. The maximum absolute atomic E-state index is 14.1. The third-order valence-corrected chi connectivity index (χ3v) is 3.68. The van der Waals surface area contributed by atoms with Crippen LogP contribution in [-0.4, -0.2) is 25.1 Å². The molecule has 1 aromatic carbocycles. The number of nitrogens with zero attached hydrogens (tertiary/aromatic N) is 3. The van der Waals surface area contributed by atoms with E-state index in [1.807, 2.05) is 0 Å². The number of aromatic amines is 2. The molecule has 4 rings (SSSR count). The Morgan fingerprint density at radius 3 is 2.91 bits per heavy atom. The van der Waals surface area contributed by atoms with Gasteiger partial charge in [0.15, 0.2) is 5.82 Å². The number of benzene rings is 1. The lowest BCUT2D eigenvalue weighted by Crippen LogP contribution is -1.93. The highest BCUT2D eigenvalue weighted by Gasteiger charge is 2.16. The fraction of sp³-hybridized carbons (Fsp3) is 0. The molecule has 3 heterocycles. The number of hydrogen-bond donors (Lipinski definition) is 3. The first-order valence-electron chi connectivity index (χ1n) is 6.77. The van der Waals surface area contributed by atoms with E-state index in [1.54, 1.807) is 36.8 Å². The van der Waals surface area contributed by atoms with E-state index >= 15 is 0 Å². The van der Waals surface area contributed by atoms with Crippen LogP contribution in [0.4, 0.5) is 15.9 Å². The van der Waals surface area contributed by atoms with Gasteiger partial charge in [-0.25, -0.2) is 14.4 Å². The molecule has 0 unspecified atom stereocenters. The highest BCUT2D eigenvalue weighted by molar-refractivity contribution is 6.33. The van der Waals surface area contributed by atoms with Crippen molar-refractivity contribution in [2.45, 2.75) is 0 Å². The van der Waals surface area contributed by atoms with Gasteiger partial charge in [-0.15, -0.1) is 0 Å². The zero-order valence-corrected chi connectivity index (χ0v) is 12.4. The minimum absolute atomic E-state index is 0.236. The second-order valence-electron chi connectivity index (χ2n) is 4.85. The number of anilines is 2. The van der Waals surface area contributed by atoms with Gasteiger partial charge in [0.05, 0.1) is 28.0 Å². The number of aromatic nitrogens is 5. The molecular weight excluding hydrogens is 319 g/mol. The van der Waals surface area contributed by atoms with Crippen molar-refractivity contribution in [3.63, 3.8) is 0 Å². The van der Waals surface area contributed by atoms with Crippen LogP contribution in [0.5, 0.6) is 0 Å². The van der Waals surface area contributed by atoms with Crippen molar-refractivity contribution in [2.75, 3.05) is 5.32 Å². The number of hydrogen-bond acceptors (Lipinski definition) is 4. The Kier molecular flexibility index (Phi) is 3.20. The van der Waals surface area contributed by atoms with Crippen molar-refractivity contribution in [2.24, 2.45) is 0 Å². The van der Waals surface area contributed by atoms with Gasteiger partial charge in [0.2, 0.25) is 0 Å². The van der Waals surface area contributed by atoms with Crippen LogP contribution >= 0.6 is 11.6 Å². The van der Waals surface area contributed by atoms with Crippen LogP contribution in [0.15, 0.2) is 42.9 Å². The van der Waals surface area contributed by atoms with E-state index in [1.165, 1.54) is 6.07 Å². The molecule has 0 saturated carbocycles. The van der Waals surface area contributed by atoms with Crippen LogP contribution in [0.1, 0.15) is 0 Å². The van der Waals surface area contributed by atoms with Gasteiger partial charge >= 0.3 is 0 Å². The molecule has 8 heteroatoms.